The van der Waals surface area contributed by atoms with Gasteiger partial charge in [-0.25, -0.2) is 13.4 Å². The van der Waals surface area contributed by atoms with Crippen LogP contribution in [0.2, 0.25) is 0 Å². The Morgan fingerprint density at radius 2 is 2.00 bits per heavy atom. The summed E-state index contributed by atoms with van der Waals surface area (Å²) in [6, 6.07) is 11.4. The fourth-order valence-electron chi connectivity index (χ4n) is 3.17. The molecule has 28 heavy (non-hydrogen) atoms. The molecule has 0 aliphatic carbocycles. The van der Waals surface area contributed by atoms with Gasteiger partial charge in [0.25, 0.3) is 0 Å². The number of benzene rings is 2. The first-order chi connectivity index (χ1) is 13.2. The zero-order valence-corrected chi connectivity index (χ0v) is 16.5. The van der Waals surface area contributed by atoms with Crippen LogP contribution in [-0.4, -0.2) is 43.5 Å². The molecule has 0 saturated heterocycles. The minimum atomic E-state index is -3.41. The third kappa shape index (κ3) is 4.09. The highest BCUT2D eigenvalue weighted by Gasteiger charge is 2.33. The van der Waals surface area contributed by atoms with Gasteiger partial charge in [0.2, 0.25) is 15.9 Å². The van der Waals surface area contributed by atoms with Crippen molar-refractivity contribution < 1.29 is 23.1 Å². The molecule has 0 unspecified atom stereocenters. The number of nitrogens with one attached hydrogen (secondary N) is 1. The van der Waals surface area contributed by atoms with Crippen LogP contribution in [0.1, 0.15) is 30.5 Å². The molecule has 0 aromatic heterocycles. The van der Waals surface area contributed by atoms with Crippen molar-refractivity contribution in [3.63, 3.8) is 0 Å². The number of phenolic OH excluding ortho intramolecular Hbond substituents is 1. The SMILES string of the molecule is COc1cccc([C@H]2CC(c3cccc(NS(C)(=O)=O)c3)=NN2C(C)=O)c1O. The van der Waals surface area contributed by atoms with Gasteiger partial charge in [-0.05, 0) is 23.8 Å². The number of aromatic hydroxyl groups is 1. The van der Waals surface area contributed by atoms with Crippen LogP contribution in [0.25, 0.3) is 0 Å². The molecule has 1 amide bonds. The molecule has 1 atom stereocenters. The Morgan fingerprint density at radius 3 is 2.64 bits per heavy atom. The van der Waals surface area contributed by atoms with Crippen LogP contribution >= 0.6 is 0 Å². The Morgan fingerprint density at radius 1 is 1.29 bits per heavy atom. The molecule has 8 nitrogen and oxygen atoms in total. The maximum Gasteiger partial charge on any atom is 0.240 e. The van der Waals surface area contributed by atoms with Crippen LogP contribution in [0, 0.1) is 0 Å². The molecule has 1 aliphatic heterocycles. The average molecular weight is 403 g/mol. The summed E-state index contributed by atoms with van der Waals surface area (Å²) in [4.78, 5) is 12.1. The second-order valence-corrected chi connectivity index (χ2v) is 8.23. The van der Waals surface area contributed by atoms with Crippen molar-refractivity contribution in [2.24, 2.45) is 5.10 Å². The molecule has 1 heterocycles. The van der Waals surface area contributed by atoms with Crippen molar-refractivity contribution in [2.75, 3.05) is 18.1 Å². The molecule has 148 valence electrons. The number of sulfonamides is 1. The van der Waals surface area contributed by atoms with Crippen LogP contribution in [-0.2, 0) is 14.8 Å². The van der Waals surface area contributed by atoms with Gasteiger partial charge >= 0.3 is 0 Å². The summed E-state index contributed by atoms with van der Waals surface area (Å²) in [6.07, 6.45) is 1.44. The molecule has 2 N–H and O–H groups in total. The highest BCUT2D eigenvalue weighted by molar-refractivity contribution is 7.92. The highest BCUT2D eigenvalue weighted by Crippen LogP contribution is 2.41. The fraction of sp³-hybridized carbons (Fsp3) is 0.263. The number of hydrazone groups is 1. The number of ether oxygens (including phenoxy) is 1. The molecule has 9 heteroatoms. The van der Waals surface area contributed by atoms with Gasteiger partial charge in [0.1, 0.15) is 0 Å². The number of hydrogen-bond donors (Lipinski definition) is 2. The quantitative estimate of drug-likeness (QED) is 0.797. The molecule has 0 saturated carbocycles. The van der Waals surface area contributed by atoms with E-state index in [1.165, 1.54) is 19.0 Å². The van der Waals surface area contributed by atoms with Crippen molar-refractivity contribution in [3.8, 4) is 11.5 Å². The molecule has 0 spiro atoms. The average Bonchev–Trinajstić information content (AvgIpc) is 3.06. The topological polar surface area (TPSA) is 108 Å². The zero-order valence-electron chi connectivity index (χ0n) is 15.7. The lowest BCUT2D eigenvalue weighted by atomic mass is 9.97. The van der Waals surface area contributed by atoms with E-state index in [4.69, 9.17) is 4.74 Å². The summed E-state index contributed by atoms with van der Waals surface area (Å²) in [5, 5.41) is 16.2. The van der Waals surface area contributed by atoms with Gasteiger partial charge in [-0.3, -0.25) is 9.52 Å². The Hall–Kier alpha value is -3.07. The molecule has 1 aliphatic rings. The number of para-hydroxylation sites is 1. The molecule has 2 aromatic carbocycles. The maximum absolute atomic E-state index is 12.1. The fourth-order valence-corrected chi connectivity index (χ4v) is 3.72. The van der Waals surface area contributed by atoms with Gasteiger partial charge < -0.3 is 9.84 Å². The number of rotatable bonds is 5. The summed E-state index contributed by atoms with van der Waals surface area (Å²) in [5.74, 6) is 0.00614. The van der Waals surface area contributed by atoms with E-state index in [9.17, 15) is 18.3 Å². The van der Waals surface area contributed by atoms with Gasteiger partial charge in [-0.1, -0.05) is 24.3 Å². The summed E-state index contributed by atoms with van der Waals surface area (Å²) in [7, 11) is -1.95. The molecule has 3 rings (SSSR count). The second-order valence-electron chi connectivity index (χ2n) is 6.48. The number of phenols is 1. The van der Waals surface area contributed by atoms with E-state index in [0.29, 0.717) is 34.7 Å². The number of carbonyl (C=O) groups excluding carboxylic acids is 1. The van der Waals surface area contributed by atoms with E-state index in [2.05, 4.69) is 9.82 Å². The highest BCUT2D eigenvalue weighted by atomic mass is 32.2. The smallest absolute Gasteiger partial charge is 0.240 e. The van der Waals surface area contributed by atoms with Crippen LogP contribution in [0.3, 0.4) is 0 Å². The predicted molar refractivity (Wildman–Crippen MR) is 106 cm³/mol. The van der Waals surface area contributed by atoms with Crippen LogP contribution in [0.4, 0.5) is 5.69 Å². The maximum atomic E-state index is 12.1. The van der Waals surface area contributed by atoms with Crippen molar-refractivity contribution in [1.29, 1.82) is 0 Å². The second kappa shape index (κ2) is 7.51. The Bertz CT molecular complexity index is 1050. The van der Waals surface area contributed by atoms with Crippen LogP contribution < -0.4 is 9.46 Å². The summed E-state index contributed by atoms with van der Waals surface area (Å²) >= 11 is 0. The van der Waals surface area contributed by atoms with E-state index in [0.717, 1.165) is 6.26 Å². The third-order valence-electron chi connectivity index (χ3n) is 4.34. The van der Waals surface area contributed by atoms with E-state index in [1.807, 2.05) is 0 Å². The van der Waals surface area contributed by atoms with E-state index in [1.54, 1.807) is 42.5 Å². The summed E-state index contributed by atoms with van der Waals surface area (Å²) in [6.45, 7) is 1.40. The Balaban J connectivity index is 1.97. The summed E-state index contributed by atoms with van der Waals surface area (Å²) in [5.41, 5.74) is 2.23. The predicted octanol–water partition coefficient (Wildman–Crippen LogP) is 2.47. The Labute approximate surface area is 163 Å². The lowest BCUT2D eigenvalue weighted by Crippen LogP contribution is -2.24. The minimum Gasteiger partial charge on any atom is -0.504 e. The van der Waals surface area contributed by atoms with Gasteiger partial charge in [0, 0.05) is 24.6 Å². The molecule has 0 fully saturated rings. The van der Waals surface area contributed by atoms with E-state index < -0.39 is 16.1 Å². The first-order valence-electron chi connectivity index (χ1n) is 8.51. The van der Waals surface area contributed by atoms with Crippen molar-refractivity contribution in [1.82, 2.24) is 5.01 Å². The van der Waals surface area contributed by atoms with Crippen molar-refractivity contribution >= 4 is 27.3 Å². The lowest BCUT2D eigenvalue weighted by Gasteiger charge is -2.22. The van der Waals surface area contributed by atoms with E-state index >= 15 is 0 Å². The first kappa shape index (κ1) is 19.7. The van der Waals surface area contributed by atoms with E-state index in [-0.39, 0.29) is 11.7 Å². The molecule has 2 aromatic rings. The summed E-state index contributed by atoms with van der Waals surface area (Å²) < 4.78 is 30.5. The molecule has 0 bridgehead atoms. The van der Waals surface area contributed by atoms with Gasteiger partial charge in [0.15, 0.2) is 11.5 Å². The lowest BCUT2D eigenvalue weighted by molar-refractivity contribution is -0.130. The molecular formula is C19H21N3O5S. The van der Waals surface area contributed by atoms with Crippen molar-refractivity contribution in [3.05, 3.63) is 53.6 Å². The largest absolute Gasteiger partial charge is 0.504 e. The third-order valence-corrected chi connectivity index (χ3v) is 4.95. The van der Waals surface area contributed by atoms with Gasteiger partial charge in [0.05, 0.1) is 25.1 Å². The number of amides is 1. The first-order valence-corrected chi connectivity index (χ1v) is 10.4. The van der Waals surface area contributed by atoms with Crippen molar-refractivity contribution in [2.45, 2.75) is 19.4 Å². The van der Waals surface area contributed by atoms with Gasteiger partial charge in [-0.2, -0.15) is 5.10 Å². The molecular weight excluding hydrogens is 382 g/mol. The minimum absolute atomic E-state index is 0.0369. The monoisotopic (exact) mass is 403 g/mol. The number of nitrogens with zero attached hydrogens (tertiary/aromatic N) is 2. The normalized spacial score (nSPS) is 16.6. The van der Waals surface area contributed by atoms with Crippen LogP contribution in [0.15, 0.2) is 47.6 Å². The molecule has 0 radical (unpaired) electrons. The number of carbonyl (C=O) groups is 1. The van der Waals surface area contributed by atoms with Crippen LogP contribution in [0.5, 0.6) is 11.5 Å². The Kier molecular flexibility index (Phi) is 5.28. The number of hydrogen-bond acceptors (Lipinski definition) is 6. The zero-order chi connectivity index (χ0) is 20.5. The number of anilines is 1. The standard InChI is InChI=1S/C19H21N3O5S/c1-12(23)22-17(15-8-5-9-18(27-2)19(15)24)11-16(20-22)13-6-4-7-14(10-13)21-28(3,25)26/h4-10,17,21,24H,11H2,1-3H3/t17-/m1/s1. The van der Waals surface area contributed by atoms with Gasteiger partial charge in [-0.15, -0.1) is 0 Å². The number of methoxy groups -OCH3 is 1.